The number of rotatable bonds is 4. The predicted molar refractivity (Wildman–Crippen MR) is 60.7 cm³/mol. The fourth-order valence-electron chi connectivity index (χ4n) is 1.28. The predicted octanol–water partition coefficient (Wildman–Crippen LogP) is -0.254. The zero-order valence-electron chi connectivity index (χ0n) is 9.64. The van der Waals surface area contributed by atoms with E-state index in [1.54, 1.807) is 19.1 Å². The molecule has 0 saturated heterocycles. The molecule has 1 amide bonds. The first-order valence-corrected chi connectivity index (χ1v) is 5.10. The Morgan fingerprint density at radius 1 is 1.53 bits per heavy atom. The fourth-order valence-corrected chi connectivity index (χ4v) is 1.28. The van der Waals surface area contributed by atoms with Crippen LogP contribution in [0.25, 0.3) is 0 Å². The van der Waals surface area contributed by atoms with E-state index in [1.165, 1.54) is 17.7 Å². The van der Waals surface area contributed by atoms with Gasteiger partial charge in [0.05, 0.1) is 0 Å². The molecule has 0 aromatic carbocycles. The lowest BCUT2D eigenvalue weighted by atomic mass is 10.3. The summed E-state index contributed by atoms with van der Waals surface area (Å²) in [6.07, 6.45) is 1.49. The maximum atomic E-state index is 11.6. The van der Waals surface area contributed by atoms with Crippen molar-refractivity contribution in [2.75, 3.05) is 0 Å². The van der Waals surface area contributed by atoms with Gasteiger partial charge >= 0.3 is 5.97 Å². The van der Waals surface area contributed by atoms with Gasteiger partial charge in [-0.1, -0.05) is 6.07 Å². The van der Waals surface area contributed by atoms with Gasteiger partial charge in [0.15, 0.2) is 0 Å². The first-order chi connectivity index (χ1) is 7.91. The molecular formula is C11H14N2O4. The quantitative estimate of drug-likeness (QED) is 0.756. The molecule has 1 aromatic rings. The van der Waals surface area contributed by atoms with Crippen LogP contribution in [0.3, 0.4) is 0 Å². The highest BCUT2D eigenvalue weighted by atomic mass is 16.4. The van der Waals surface area contributed by atoms with E-state index in [4.69, 9.17) is 5.11 Å². The van der Waals surface area contributed by atoms with Crippen LogP contribution < -0.4 is 10.9 Å². The highest BCUT2D eigenvalue weighted by molar-refractivity contribution is 5.83. The molecule has 1 unspecified atom stereocenters. The number of nitrogens with one attached hydrogen (secondary N) is 1. The number of aliphatic carboxylic acids is 1. The number of nitrogens with zero attached hydrogens (tertiary/aromatic N) is 1. The molecule has 0 aliphatic carbocycles. The van der Waals surface area contributed by atoms with Crippen LogP contribution in [0.4, 0.5) is 0 Å². The van der Waals surface area contributed by atoms with Crippen molar-refractivity contribution in [3.63, 3.8) is 0 Å². The first kappa shape index (κ1) is 13.0. The van der Waals surface area contributed by atoms with E-state index < -0.39 is 17.9 Å². The van der Waals surface area contributed by atoms with E-state index in [0.29, 0.717) is 5.56 Å². The minimum absolute atomic E-state index is 0.182. The molecule has 6 heteroatoms. The second kappa shape index (κ2) is 5.29. The Balaban J connectivity index is 2.72. The van der Waals surface area contributed by atoms with Gasteiger partial charge in [-0.15, -0.1) is 0 Å². The number of pyridine rings is 1. The maximum absolute atomic E-state index is 11.6. The summed E-state index contributed by atoms with van der Waals surface area (Å²) >= 11 is 0. The highest BCUT2D eigenvalue weighted by Gasteiger charge is 2.14. The van der Waals surface area contributed by atoms with Crippen molar-refractivity contribution in [2.45, 2.75) is 26.4 Å². The first-order valence-electron chi connectivity index (χ1n) is 5.10. The number of aromatic nitrogens is 1. The Morgan fingerprint density at radius 2 is 2.18 bits per heavy atom. The molecule has 0 spiro atoms. The summed E-state index contributed by atoms with van der Waals surface area (Å²) in [6.45, 7) is 2.83. The van der Waals surface area contributed by atoms with Gasteiger partial charge in [0.2, 0.25) is 5.91 Å². The van der Waals surface area contributed by atoms with Crippen molar-refractivity contribution in [2.24, 2.45) is 0 Å². The van der Waals surface area contributed by atoms with Crippen LogP contribution in [-0.4, -0.2) is 27.6 Å². The molecule has 0 fully saturated rings. The van der Waals surface area contributed by atoms with Crippen molar-refractivity contribution in [1.82, 2.24) is 9.88 Å². The molecule has 1 aromatic heterocycles. The molecule has 92 valence electrons. The largest absolute Gasteiger partial charge is 0.480 e. The number of carboxylic acids is 1. The number of hydrogen-bond donors (Lipinski definition) is 2. The Bertz CT molecular complexity index is 492. The van der Waals surface area contributed by atoms with Crippen LogP contribution in [0.15, 0.2) is 23.1 Å². The third-order valence-electron chi connectivity index (χ3n) is 2.27. The number of aryl methyl sites for hydroxylation is 1. The lowest BCUT2D eigenvalue weighted by Crippen LogP contribution is -2.41. The molecule has 1 rings (SSSR count). The smallest absolute Gasteiger partial charge is 0.325 e. The van der Waals surface area contributed by atoms with Gasteiger partial charge in [-0.3, -0.25) is 14.4 Å². The monoisotopic (exact) mass is 238 g/mol. The van der Waals surface area contributed by atoms with Gasteiger partial charge in [0.25, 0.3) is 5.56 Å². The van der Waals surface area contributed by atoms with E-state index in [2.05, 4.69) is 5.32 Å². The van der Waals surface area contributed by atoms with Crippen LogP contribution in [0.5, 0.6) is 0 Å². The van der Waals surface area contributed by atoms with E-state index in [1.807, 2.05) is 0 Å². The molecule has 2 N–H and O–H groups in total. The summed E-state index contributed by atoms with van der Waals surface area (Å²) < 4.78 is 1.24. The van der Waals surface area contributed by atoms with Gasteiger partial charge in [0.1, 0.15) is 12.6 Å². The van der Waals surface area contributed by atoms with Crippen molar-refractivity contribution < 1.29 is 14.7 Å². The van der Waals surface area contributed by atoms with Crippen LogP contribution >= 0.6 is 0 Å². The Hall–Kier alpha value is -2.11. The Labute approximate surface area is 97.9 Å². The van der Waals surface area contributed by atoms with Gasteiger partial charge in [-0.2, -0.15) is 0 Å². The second-order valence-corrected chi connectivity index (χ2v) is 3.75. The topological polar surface area (TPSA) is 88.4 Å². The minimum Gasteiger partial charge on any atom is -0.480 e. The van der Waals surface area contributed by atoms with E-state index in [9.17, 15) is 14.4 Å². The van der Waals surface area contributed by atoms with E-state index in [0.717, 1.165) is 0 Å². The van der Waals surface area contributed by atoms with Gasteiger partial charge in [-0.05, 0) is 19.9 Å². The number of amides is 1. The molecule has 17 heavy (non-hydrogen) atoms. The zero-order chi connectivity index (χ0) is 13.0. The lowest BCUT2D eigenvalue weighted by molar-refractivity contribution is -0.141. The average molecular weight is 238 g/mol. The van der Waals surface area contributed by atoms with Gasteiger partial charge in [-0.25, -0.2) is 0 Å². The highest BCUT2D eigenvalue weighted by Crippen LogP contribution is 1.90. The molecule has 0 bridgehead atoms. The number of carbonyl (C=O) groups is 2. The van der Waals surface area contributed by atoms with Crippen molar-refractivity contribution >= 4 is 11.9 Å². The van der Waals surface area contributed by atoms with Crippen LogP contribution in [0.1, 0.15) is 12.5 Å². The van der Waals surface area contributed by atoms with Crippen LogP contribution in [0, 0.1) is 6.92 Å². The molecule has 0 aliphatic rings. The number of carbonyl (C=O) groups excluding carboxylic acids is 1. The maximum Gasteiger partial charge on any atom is 0.325 e. The molecule has 1 heterocycles. The van der Waals surface area contributed by atoms with E-state index in [-0.39, 0.29) is 12.1 Å². The number of carboxylic acid groups (broad SMARTS) is 1. The zero-order valence-corrected chi connectivity index (χ0v) is 9.64. The average Bonchev–Trinajstić information content (AvgIpc) is 2.24. The molecular weight excluding hydrogens is 224 g/mol. The summed E-state index contributed by atoms with van der Waals surface area (Å²) in [4.78, 5) is 33.6. The van der Waals surface area contributed by atoms with Crippen LogP contribution in [-0.2, 0) is 16.1 Å². The lowest BCUT2D eigenvalue weighted by Gasteiger charge is -2.10. The molecule has 0 aliphatic heterocycles. The third-order valence-corrected chi connectivity index (χ3v) is 2.27. The van der Waals surface area contributed by atoms with Crippen LogP contribution in [0.2, 0.25) is 0 Å². The molecule has 1 atom stereocenters. The van der Waals surface area contributed by atoms with E-state index >= 15 is 0 Å². The SMILES string of the molecule is Cc1cccn(CC(=O)NC(C)C(=O)O)c1=O. The van der Waals surface area contributed by atoms with Gasteiger partial charge < -0.3 is 15.0 Å². The van der Waals surface area contributed by atoms with Gasteiger partial charge in [0, 0.05) is 11.8 Å². The second-order valence-electron chi connectivity index (χ2n) is 3.75. The van der Waals surface area contributed by atoms with Crippen molar-refractivity contribution in [3.05, 3.63) is 34.2 Å². The Morgan fingerprint density at radius 3 is 2.76 bits per heavy atom. The number of hydrogen-bond acceptors (Lipinski definition) is 3. The Kier molecular flexibility index (Phi) is 4.03. The fraction of sp³-hybridized carbons (Fsp3) is 0.364. The normalized spacial score (nSPS) is 11.9. The molecule has 6 nitrogen and oxygen atoms in total. The summed E-state index contributed by atoms with van der Waals surface area (Å²) in [5, 5.41) is 10.9. The summed E-state index contributed by atoms with van der Waals surface area (Å²) in [7, 11) is 0. The third kappa shape index (κ3) is 3.44. The standard InChI is InChI=1S/C11H14N2O4/c1-7-4-3-5-13(10(7)15)6-9(14)12-8(2)11(16)17/h3-5,8H,6H2,1-2H3,(H,12,14)(H,16,17). The minimum atomic E-state index is -1.12. The molecule has 0 saturated carbocycles. The van der Waals surface area contributed by atoms with Crippen molar-refractivity contribution in [3.8, 4) is 0 Å². The van der Waals surface area contributed by atoms with Crippen molar-refractivity contribution in [1.29, 1.82) is 0 Å². The summed E-state index contributed by atoms with van der Waals surface area (Å²) in [6, 6.07) is 2.34. The summed E-state index contributed by atoms with van der Waals surface area (Å²) in [5.41, 5.74) is 0.275. The summed E-state index contributed by atoms with van der Waals surface area (Å²) in [5.74, 6) is -1.62. The molecule has 0 radical (unpaired) electrons.